The highest BCUT2D eigenvalue weighted by Crippen LogP contribution is 2.24. The number of hydrogen-bond donors (Lipinski definition) is 0. The number of carbonyl (C=O) groups excluding carboxylic acids is 1. The number of benzene rings is 1. The largest absolute Gasteiger partial charge is 0.336 e. The quantitative estimate of drug-likeness (QED) is 0.721. The monoisotopic (exact) mass is 338 g/mol. The molecule has 1 aliphatic heterocycles. The van der Waals surface area contributed by atoms with Gasteiger partial charge >= 0.3 is 0 Å². The third-order valence-electron chi connectivity index (χ3n) is 4.35. The second kappa shape index (κ2) is 6.30. The van der Waals surface area contributed by atoms with Crippen molar-refractivity contribution >= 4 is 28.3 Å². The number of fused-ring (bicyclic) bond motifs is 1. The van der Waals surface area contributed by atoms with E-state index in [0.717, 1.165) is 47.8 Å². The van der Waals surface area contributed by atoms with Gasteiger partial charge in [-0.25, -0.2) is 4.98 Å². The summed E-state index contributed by atoms with van der Waals surface area (Å²) in [7, 11) is 2.08. The first kappa shape index (κ1) is 15.2. The minimum Gasteiger partial charge on any atom is -0.336 e. The Hall–Kier alpha value is -2.31. The average molecular weight is 338 g/mol. The lowest BCUT2D eigenvalue weighted by Crippen LogP contribution is -2.47. The van der Waals surface area contributed by atoms with Crippen LogP contribution in [0.25, 0.3) is 21.6 Å². The van der Waals surface area contributed by atoms with Crippen LogP contribution in [0, 0.1) is 0 Å². The molecule has 0 unspecified atom stereocenters. The highest BCUT2D eigenvalue weighted by molar-refractivity contribution is 7.13. The van der Waals surface area contributed by atoms with E-state index in [-0.39, 0.29) is 5.91 Å². The fourth-order valence-electron chi connectivity index (χ4n) is 2.88. The molecule has 1 aliphatic rings. The second-order valence-corrected chi connectivity index (χ2v) is 6.98. The fraction of sp³-hybridized carbons (Fsp3) is 0.278. The summed E-state index contributed by atoms with van der Waals surface area (Å²) in [5, 5.41) is 2.03. The molecule has 5 nitrogen and oxygen atoms in total. The van der Waals surface area contributed by atoms with Crippen LogP contribution in [0.5, 0.6) is 0 Å². The van der Waals surface area contributed by atoms with Crippen molar-refractivity contribution in [1.82, 2.24) is 19.8 Å². The Balaban J connectivity index is 1.61. The SMILES string of the molecule is CN1CCN(C(=O)c2ccc3nc(-c4cccs4)cnc3c2)CC1. The lowest BCUT2D eigenvalue weighted by Gasteiger charge is -2.32. The zero-order chi connectivity index (χ0) is 16.5. The van der Waals surface area contributed by atoms with Gasteiger partial charge in [-0.1, -0.05) is 6.07 Å². The molecule has 0 bridgehead atoms. The Morgan fingerprint density at radius 3 is 2.71 bits per heavy atom. The maximum atomic E-state index is 12.7. The fourth-order valence-corrected chi connectivity index (χ4v) is 3.56. The highest BCUT2D eigenvalue weighted by Gasteiger charge is 2.20. The van der Waals surface area contributed by atoms with Crippen LogP contribution in [0.1, 0.15) is 10.4 Å². The van der Waals surface area contributed by atoms with Crippen LogP contribution in [0.2, 0.25) is 0 Å². The predicted molar refractivity (Wildman–Crippen MR) is 96.3 cm³/mol. The first-order chi connectivity index (χ1) is 11.7. The van der Waals surface area contributed by atoms with E-state index in [9.17, 15) is 4.79 Å². The van der Waals surface area contributed by atoms with E-state index in [4.69, 9.17) is 0 Å². The third-order valence-corrected chi connectivity index (χ3v) is 5.25. The van der Waals surface area contributed by atoms with Gasteiger partial charge in [0.2, 0.25) is 0 Å². The molecule has 0 radical (unpaired) electrons. The number of amides is 1. The molecule has 0 N–H and O–H groups in total. The molecule has 0 atom stereocenters. The molecule has 24 heavy (non-hydrogen) atoms. The zero-order valence-electron chi connectivity index (χ0n) is 13.5. The minimum atomic E-state index is 0.0779. The van der Waals surface area contributed by atoms with Crippen molar-refractivity contribution in [3.63, 3.8) is 0 Å². The van der Waals surface area contributed by atoms with Crippen molar-refractivity contribution in [3.05, 3.63) is 47.5 Å². The minimum absolute atomic E-state index is 0.0779. The lowest BCUT2D eigenvalue weighted by atomic mass is 10.1. The van der Waals surface area contributed by atoms with Gasteiger partial charge in [0, 0.05) is 31.7 Å². The van der Waals surface area contributed by atoms with Crippen LogP contribution in [-0.4, -0.2) is 58.9 Å². The third kappa shape index (κ3) is 2.90. The van der Waals surface area contributed by atoms with Crippen LogP contribution in [0.4, 0.5) is 0 Å². The number of aromatic nitrogens is 2. The molecule has 0 aliphatic carbocycles. The van der Waals surface area contributed by atoms with E-state index in [0.29, 0.717) is 5.56 Å². The second-order valence-electron chi connectivity index (χ2n) is 6.03. The van der Waals surface area contributed by atoms with Gasteiger partial charge in [-0.15, -0.1) is 11.3 Å². The maximum Gasteiger partial charge on any atom is 0.254 e. The number of thiophene rings is 1. The lowest BCUT2D eigenvalue weighted by molar-refractivity contribution is 0.0664. The Bertz CT molecular complexity index is 870. The van der Waals surface area contributed by atoms with Crippen LogP contribution in [-0.2, 0) is 0 Å². The van der Waals surface area contributed by atoms with E-state index < -0.39 is 0 Å². The molecule has 4 rings (SSSR count). The van der Waals surface area contributed by atoms with E-state index in [1.807, 2.05) is 40.6 Å². The zero-order valence-corrected chi connectivity index (χ0v) is 14.3. The smallest absolute Gasteiger partial charge is 0.254 e. The molecular formula is C18H18N4OS. The first-order valence-electron chi connectivity index (χ1n) is 7.99. The van der Waals surface area contributed by atoms with E-state index >= 15 is 0 Å². The number of carbonyl (C=O) groups is 1. The molecule has 122 valence electrons. The summed E-state index contributed by atoms with van der Waals surface area (Å²) in [6, 6.07) is 9.63. The Morgan fingerprint density at radius 2 is 1.96 bits per heavy atom. The van der Waals surface area contributed by atoms with Crippen LogP contribution in [0.3, 0.4) is 0 Å². The van der Waals surface area contributed by atoms with Gasteiger partial charge in [0.05, 0.1) is 27.8 Å². The van der Waals surface area contributed by atoms with Gasteiger partial charge in [-0.2, -0.15) is 0 Å². The van der Waals surface area contributed by atoms with Gasteiger partial charge in [-0.05, 0) is 36.7 Å². The highest BCUT2D eigenvalue weighted by atomic mass is 32.1. The molecule has 1 amide bonds. The predicted octanol–water partition coefficient (Wildman–Crippen LogP) is 2.75. The molecule has 0 saturated carbocycles. The standard InChI is InChI=1S/C18H18N4OS/c1-21-6-8-22(9-7-21)18(23)13-4-5-14-15(11-13)19-12-16(20-14)17-3-2-10-24-17/h2-5,10-12H,6-9H2,1H3. The van der Waals surface area contributed by atoms with Crippen LogP contribution in [0.15, 0.2) is 41.9 Å². The molecule has 3 heterocycles. The van der Waals surface area contributed by atoms with Gasteiger partial charge in [0.25, 0.3) is 5.91 Å². The maximum absolute atomic E-state index is 12.7. The topological polar surface area (TPSA) is 49.3 Å². The number of likely N-dealkylation sites (N-methyl/N-ethyl adjacent to an activating group) is 1. The Morgan fingerprint density at radius 1 is 1.12 bits per heavy atom. The summed E-state index contributed by atoms with van der Waals surface area (Å²) in [6.45, 7) is 3.39. The van der Waals surface area contributed by atoms with Crippen molar-refractivity contribution in [2.45, 2.75) is 0 Å². The summed E-state index contributed by atoms with van der Waals surface area (Å²) in [5.74, 6) is 0.0779. The summed E-state index contributed by atoms with van der Waals surface area (Å²) in [4.78, 5) is 27.1. The number of rotatable bonds is 2. The van der Waals surface area contributed by atoms with Gasteiger partial charge in [-0.3, -0.25) is 9.78 Å². The first-order valence-corrected chi connectivity index (χ1v) is 8.87. The molecule has 1 aromatic carbocycles. The van der Waals surface area contributed by atoms with Crippen molar-refractivity contribution in [3.8, 4) is 10.6 Å². The van der Waals surface area contributed by atoms with Gasteiger partial charge < -0.3 is 9.80 Å². The van der Waals surface area contributed by atoms with Gasteiger partial charge in [0.15, 0.2) is 0 Å². The van der Waals surface area contributed by atoms with Crippen LogP contribution < -0.4 is 0 Å². The van der Waals surface area contributed by atoms with Gasteiger partial charge in [0.1, 0.15) is 0 Å². The van der Waals surface area contributed by atoms with E-state index in [1.54, 1.807) is 17.5 Å². The van der Waals surface area contributed by atoms with Crippen LogP contribution >= 0.6 is 11.3 Å². The number of hydrogen-bond acceptors (Lipinski definition) is 5. The molecule has 6 heteroatoms. The summed E-state index contributed by atoms with van der Waals surface area (Å²) >= 11 is 1.64. The number of nitrogens with zero attached hydrogens (tertiary/aromatic N) is 4. The van der Waals surface area contributed by atoms with E-state index in [2.05, 4.69) is 21.9 Å². The number of piperazine rings is 1. The molecular weight excluding hydrogens is 320 g/mol. The van der Waals surface area contributed by atoms with Crippen molar-refractivity contribution in [2.75, 3.05) is 33.2 Å². The van der Waals surface area contributed by atoms with Crippen molar-refractivity contribution < 1.29 is 4.79 Å². The van der Waals surface area contributed by atoms with Crippen molar-refractivity contribution in [2.24, 2.45) is 0 Å². The summed E-state index contributed by atoms with van der Waals surface area (Å²) < 4.78 is 0. The summed E-state index contributed by atoms with van der Waals surface area (Å²) in [6.07, 6.45) is 1.78. The summed E-state index contributed by atoms with van der Waals surface area (Å²) in [5.41, 5.74) is 3.13. The molecule has 1 fully saturated rings. The normalized spacial score (nSPS) is 15.8. The molecule has 1 saturated heterocycles. The molecule has 3 aromatic rings. The van der Waals surface area contributed by atoms with Crippen molar-refractivity contribution in [1.29, 1.82) is 0 Å². The van der Waals surface area contributed by atoms with E-state index in [1.165, 1.54) is 0 Å². The Labute approximate surface area is 144 Å². The molecule has 0 spiro atoms. The Kier molecular flexibility index (Phi) is 4.00. The average Bonchev–Trinajstić information content (AvgIpc) is 3.15. The molecule has 2 aromatic heterocycles.